The molecular weight excluding hydrogens is 190 g/mol. The third kappa shape index (κ3) is 3.85. The molecule has 0 fully saturated rings. The molecule has 0 saturated carbocycles. The molecule has 0 aliphatic carbocycles. The Hall–Kier alpha value is -1.77. The maximum absolute atomic E-state index is 10.6. The largest absolute Gasteiger partial charge is 0.418 e. The summed E-state index contributed by atoms with van der Waals surface area (Å²) in [5.41, 5.74) is 1.02. The van der Waals surface area contributed by atoms with E-state index < -0.39 is 0 Å². The molecule has 1 rings (SSSR count). The summed E-state index contributed by atoms with van der Waals surface area (Å²) in [6.07, 6.45) is 4.64. The smallest absolute Gasteiger partial charge is 0.217 e. The first-order valence-corrected chi connectivity index (χ1v) is 4.90. The number of nitrogens with zero attached hydrogens (tertiary/aromatic N) is 1. The maximum atomic E-state index is 10.6. The Labute approximate surface area is 89.5 Å². The molecule has 0 heterocycles. The van der Waals surface area contributed by atoms with Crippen LogP contribution < -0.4 is 0 Å². The fraction of sp³-hybridized carbons (Fsp3) is 0.250. The van der Waals surface area contributed by atoms with Crippen LogP contribution in [0.25, 0.3) is 0 Å². The van der Waals surface area contributed by atoms with Gasteiger partial charge in [0.25, 0.3) is 0 Å². The van der Waals surface area contributed by atoms with Crippen molar-refractivity contribution in [1.82, 2.24) is 0 Å². The Bertz CT molecular complexity index is 329. The van der Waals surface area contributed by atoms with E-state index in [0.717, 1.165) is 18.4 Å². The molecule has 3 nitrogen and oxygen atoms in total. The second-order valence-electron chi connectivity index (χ2n) is 3.33. The van der Waals surface area contributed by atoms with Crippen molar-refractivity contribution in [2.24, 2.45) is 0 Å². The lowest BCUT2D eigenvalue weighted by Gasteiger charge is -2.08. The Balaban J connectivity index is 2.81. The summed E-state index contributed by atoms with van der Waals surface area (Å²) < 4.78 is 0. The maximum Gasteiger partial charge on any atom is 0.217 e. The van der Waals surface area contributed by atoms with Gasteiger partial charge in [0.1, 0.15) is 0 Å². The summed E-state index contributed by atoms with van der Waals surface area (Å²) in [7, 11) is 0. The molecule has 1 aromatic carbocycles. The van der Waals surface area contributed by atoms with Crippen LogP contribution in [0.4, 0.5) is 0 Å². The molecule has 0 radical (unpaired) electrons. The zero-order valence-electron chi connectivity index (χ0n) is 8.54. The van der Waals surface area contributed by atoms with Gasteiger partial charge >= 0.3 is 0 Å². The molecule has 0 aliphatic heterocycles. The third-order valence-electron chi connectivity index (χ3n) is 2.22. The predicted molar refractivity (Wildman–Crippen MR) is 60.1 cm³/mol. The second-order valence-corrected chi connectivity index (χ2v) is 3.33. The molecule has 1 unspecified atom stereocenters. The molecule has 0 saturated heterocycles. The summed E-state index contributed by atoms with van der Waals surface area (Å²) in [5.74, 6) is -0.0632. The number of hydrogen-bond acceptors (Lipinski definition) is 2. The number of hydrogen-bond donors (Lipinski definition) is 1. The van der Waals surface area contributed by atoms with E-state index in [-0.39, 0.29) is 10.8 Å². The topological polar surface area (TPSA) is 46.3 Å². The zero-order valence-corrected chi connectivity index (χ0v) is 8.54. The predicted octanol–water partition coefficient (Wildman–Crippen LogP) is 2.71. The van der Waals surface area contributed by atoms with Crippen LogP contribution in [0.15, 0.2) is 43.0 Å². The van der Waals surface area contributed by atoms with Crippen LogP contribution in [-0.4, -0.2) is 16.3 Å². The van der Waals surface area contributed by atoms with Gasteiger partial charge in [0.15, 0.2) is 0 Å². The Morgan fingerprint density at radius 2 is 2.07 bits per heavy atom. The third-order valence-corrected chi connectivity index (χ3v) is 2.22. The minimum atomic E-state index is -0.124. The highest BCUT2D eigenvalue weighted by Gasteiger charge is 2.12. The average molecular weight is 205 g/mol. The van der Waals surface area contributed by atoms with Gasteiger partial charge in [0, 0.05) is 4.90 Å². The van der Waals surface area contributed by atoms with Crippen molar-refractivity contribution >= 4 is 6.21 Å². The quantitative estimate of drug-likeness (QED) is 0.264. The lowest BCUT2D eigenvalue weighted by molar-refractivity contribution is -0.723. The summed E-state index contributed by atoms with van der Waals surface area (Å²) >= 11 is 0. The summed E-state index contributed by atoms with van der Waals surface area (Å²) in [4.78, 5) is -0.124. The van der Waals surface area contributed by atoms with Crippen LogP contribution in [0.3, 0.4) is 0 Å². The van der Waals surface area contributed by atoms with Crippen LogP contribution in [-0.2, 0) is 0 Å². The molecule has 3 heteroatoms. The van der Waals surface area contributed by atoms with Crippen LogP contribution in [0.2, 0.25) is 0 Å². The van der Waals surface area contributed by atoms with E-state index in [9.17, 15) is 5.21 Å². The molecule has 15 heavy (non-hydrogen) atoms. The second kappa shape index (κ2) is 5.86. The highest BCUT2D eigenvalue weighted by Crippen LogP contribution is 2.18. The van der Waals surface area contributed by atoms with Crippen molar-refractivity contribution < 1.29 is 10.1 Å². The molecule has 1 aromatic rings. The minimum absolute atomic E-state index is 0.0632. The van der Waals surface area contributed by atoms with E-state index in [1.807, 2.05) is 30.3 Å². The van der Waals surface area contributed by atoms with Gasteiger partial charge < -0.3 is 5.21 Å². The summed E-state index contributed by atoms with van der Waals surface area (Å²) in [6.45, 7) is 3.64. The van der Waals surface area contributed by atoms with Crippen molar-refractivity contribution in [3.05, 3.63) is 53.8 Å². The lowest BCUT2D eigenvalue weighted by Crippen LogP contribution is -2.08. The van der Waals surface area contributed by atoms with E-state index in [2.05, 4.69) is 6.58 Å². The van der Waals surface area contributed by atoms with Gasteiger partial charge in [-0.3, -0.25) is 5.21 Å². The first-order valence-electron chi connectivity index (χ1n) is 4.90. The summed E-state index contributed by atoms with van der Waals surface area (Å²) in [5, 5.41) is 19.3. The van der Waals surface area contributed by atoms with Crippen LogP contribution in [0, 0.1) is 5.21 Å². The number of allylic oxidation sites excluding steroid dienone is 1. The van der Waals surface area contributed by atoms with Gasteiger partial charge in [-0.1, -0.05) is 36.4 Å². The van der Waals surface area contributed by atoms with Gasteiger partial charge in [-0.15, -0.1) is 6.58 Å². The van der Waals surface area contributed by atoms with Gasteiger partial charge in [0.2, 0.25) is 6.21 Å². The standard InChI is InChI=1S/C12H15NO2/c1-2-3-7-12(10-13(14)15)11-8-5-4-6-9-11/h2,4-6,8-10,12H,1,3,7H2,(H,14,15). The van der Waals surface area contributed by atoms with E-state index >= 15 is 0 Å². The van der Waals surface area contributed by atoms with Crippen molar-refractivity contribution in [2.75, 3.05) is 0 Å². The van der Waals surface area contributed by atoms with Gasteiger partial charge in [-0.25, -0.2) is 0 Å². The molecular formula is C12H15NO2. The fourth-order valence-corrected chi connectivity index (χ4v) is 1.48. The number of benzene rings is 1. The molecule has 0 aliphatic rings. The van der Waals surface area contributed by atoms with E-state index in [1.54, 1.807) is 6.08 Å². The van der Waals surface area contributed by atoms with Crippen LogP contribution >= 0.6 is 0 Å². The van der Waals surface area contributed by atoms with Crippen molar-refractivity contribution in [2.45, 2.75) is 18.8 Å². The number of rotatable bonds is 5. The molecule has 0 bridgehead atoms. The minimum Gasteiger partial charge on any atom is -0.418 e. The molecule has 0 amide bonds. The van der Waals surface area contributed by atoms with E-state index in [4.69, 9.17) is 5.21 Å². The average Bonchev–Trinajstić information content (AvgIpc) is 2.25. The fourth-order valence-electron chi connectivity index (χ4n) is 1.48. The van der Waals surface area contributed by atoms with Crippen molar-refractivity contribution in [3.8, 4) is 0 Å². The normalized spacial score (nSPS) is 13.5. The van der Waals surface area contributed by atoms with Gasteiger partial charge in [-0.05, 0) is 18.4 Å². The Morgan fingerprint density at radius 3 is 2.60 bits per heavy atom. The lowest BCUT2D eigenvalue weighted by atomic mass is 9.95. The van der Waals surface area contributed by atoms with Crippen LogP contribution in [0.1, 0.15) is 24.3 Å². The Kier molecular flexibility index (Phi) is 4.41. The van der Waals surface area contributed by atoms with Gasteiger partial charge in [0.05, 0.1) is 5.92 Å². The van der Waals surface area contributed by atoms with E-state index in [1.165, 1.54) is 6.21 Å². The Morgan fingerprint density at radius 1 is 1.40 bits per heavy atom. The van der Waals surface area contributed by atoms with Gasteiger partial charge in [-0.2, -0.15) is 0 Å². The first-order chi connectivity index (χ1) is 7.24. The molecule has 0 spiro atoms. The first kappa shape index (κ1) is 11.3. The highest BCUT2D eigenvalue weighted by atomic mass is 16.8. The van der Waals surface area contributed by atoms with Crippen LogP contribution in [0.5, 0.6) is 0 Å². The summed E-state index contributed by atoms with van der Waals surface area (Å²) in [6, 6.07) is 9.62. The monoisotopic (exact) mass is 205 g/mol. The SMILES string of the molecule is C=CCCC(/C=[N+](/[O-])O)c1ccccc1. The molecule has 0 aromatic heterocycles. The van der Waals surface area contributed by atoms with E-state index in [0.29, 0.717) is 0 Å². The molecule has 1 atom stereocenters. The van der Waals surface area contributed by atoms with Crippen molar-refractivity contribution in [1.29, 1.82) is 0 Å². The zero-order chi connectivity index (χ0) is 11.1. The molecule has 80 valence electrons. The molecule has 1 N–H and O–H groups in total. The highest BCUT2D eigenvalue weighted by molar-refractivity contribution is 5.63. The van der Waals surface area contributed by atoms with Crippen molar-refractivity contribution in [3.63, 3.8) is 0 Å².